The van der Waals surface area contributed by atoms with E-state index in [1.807, 2.05) is 25.8 Å². The average molecular weight is 227 g/mol. The van der Waals surface area contributed by atoms with E-state index in [0.29, 0.717) is 12.5 Å². The van der Waals surface area contributed by atoms with Gasteiger partial charge in [-0.1, -0.05) is 0 Å². The average Bonchev–Trinajstić information content (AvgIpc) is 2.26. The Labute approximate surface area is 99.2 Å². The molecule has 4 nitrogen and oxygen atoms in total. The van der Waals surface area contributed by atoms with Gasteiger partial charge in [0.15, 0.2) is 0 Å². The molecule has 0 N–H and O–H groups in total. The number of hydrogen-bond acceptors (Lipinski definition) is 3. The molecule has 0 spiro atoms. The van der Waals surface area contributed by atoms with Gasteiger partial charge in [0.2, 0.25) is 5.91 Å². The Morgan fingerprint density at radius 2 is 1.81 bits per heavy atom. The Morgan fingerprint density at radius 1 is 1.25 bits per heavy atom. The van der Waals surface area contributed by atoms with Gasteiger partial charge in [-0.25, -0.2) is 0 Å². The maximum absolute atomic E-state index is 11.8. The zero-order valence-corrected chi connectivity index (χ0v) is 11.1. The van der Waals surface area contributed by atoms with Crippen LogP contribution in [0.15, 0.2) is 0 Å². The molecule has 1 amide bonds. The van der Waals surface area contributed by atoms with Crippen molar-refractivity contribution in [1.29, 1.82) is 0 Å². The van der Waals surface area contributed by atoms with E-state index >= 15 is 0 Å². The summed E-state index contributed by atoms with van der Waals surface area (Å²) in [5.74, 6) is 0.258. The normalized spacial score (nSPS) is 19.1. The van der Waals surface area contributed by atoms with Crippen LogP contribution < -0.4 is 0 Å². The number of hydrogen-bond donors (Lipinski definition) is 0. The molecule has 1 rings (SSSR count). The van der Waals surface area contributed by atoms with E-state index in [1.54, 1.807) is 0 Å². The molecule has 0 bridgehead atoms. The van der Waals surface area contributed by atoms with Crippen molar-refractivity contribution >= 4 is 5.91 Å². The van der Waals surface area contributed by atoms with E-state index in [9.17, 15) is 4.79 Å². The van der Waals surface area contributed by atoms with Crippen LogP contribution in [0.5, 0.6) is 0 Å². The van der Waals surface area contributed by atoms with Crippen LogP contribution in [0.1, 0.15) is 20.3 Å². The fourth-order valence-electron chi connectivity index (χ4n) is 1.79. The Balaban J connectivity index is 2.22. The van der Waals surface area contributed by atoms with Crippen LogP contribution in [0.4, 0.5) is 0 Å². The first kappa shape index (κ1) is 13.5. The van der Waals surface area contributed by atoms with Gasteiger partial charge >= 0.3 is 0 Å². The van der Waals surface area contributed by atoms with E-state index < -0.39 is 0 Å². The van der Waals surface area contributed by atoms with Gasteiger partial charge in [-0.3, -0.25) is 4.79 Å². The van der Waals surface area contributed by atoms with Crippen LogP contribution >= 0.6 is 0 Å². The molecule has 0 unspecified atom stereocenters. The minimum Gasteiger partial charge on any atom is -0.343 e. The first-order valence-electron chi connectivity index (χ1n) is 6.17. The largest absolute Gasteiger partial charge is 0.343 e. The fourth-order valence-corrected chi connectivity index (χ4v) is 1.79. The summed E-state index contributed by atoms with van der Waals surface area (Å²) in [6.07, 6.45) is 0.651. The molecule has 1 aliphatic heterocycles. The summed E-state index contributed by atoms with van der Waals surface area (Å²) in [6.45, 7) is 9.43. The Hall–Kier alpha value is -0.610. The number of likely N-dealkylation sites (N-methyl/N-ethyl adjacent to an activating group) is 1. The molecular weight excluding hydrogens is 202 g/mol. The molecule has 0 aromatic rings. The van der Waals surface area contributed by atoms with Crippen molar-refractivity contribution in [1.82, 2.24) is 14.7 Å². The lowest BCUT2D eigenvalue weighted by Crippen LogP contribution is -2.45. The van der Waals surface area contributed by atoms with Gasteiger partial charge in [-0.15, -0.1) is 0 Å². The van der Waals surface area contributed by atoms with Crippen LogP contribution in [0.3, 0.4) is 0 Å². The molecule has 1 fully saturated rings. The van der Waals surface area contributed by atoms with Crippen molar-refractivity contribution in [2.45, 2.75) is 26.3 Å². The third kappa shape index (κ3) is 4.10. The van der Waals surface area contributed by atoms with E-state index in [4.69, 9.17) is 0 Å². The first-order chi connectivity index (χ1) is 7.50. The van der Waals surface area contributed by atoms with Crippen molar-refractivity contribution in [3.63, 3.8) is 0 Å². The summed E-state index contributed by atoms with van der Waals surface area (Å²) in [5, 5.41) is 0. The zero-order chi connectivity index (χ0) is 12.1. The van der Waals surface area contributed by atoms with E-state index in [-0.39, 0.29) is 5.91 Å². The quantitative estimate of drug-likeness (QED) is 0.699. The van der Waals surface area contributed by atoms with Crippen LogP contribution in [0.2, 0.25) is 0 Å². The molecule has 0 atom stereocenters. The topological polar surface area (TPSA) is 26.8 Å². The second-order valence-electron chi connectivity index (χ2n) is 4.99. The van der Waals surface area contributed by atoms with E-state index in [2.05, 4.69) is 16.8 Å². The first-order valence-corrected chi connectivity index (χ1v) is 6.17. The lowest BCUT2D eigenvalue weighted by molar-refractivity contribution is -0.131. The monoisotopic (exact) mass is 227 g/mol. The summed E-state index contributed by atoms with van der Waals surface area (Å²) < 4.78 is 0. The van der Waals surface area contributed by atoms with Gasteiger partial charge in [0.25, 0.3) is 0 Å². The Kier molecular flexibility index (Phi) is 5.22. The van der Waals surface area contributed by atoms with E-state index in [1.165, 1.54) is 0 Å². The number of nitrogens with zero attached hydrogens (tertiary/aromatic N) is 3. The minimum atomic E-state index is 0.258. The lowest BCUT2D eigenvalue weighted by Gasteiger charge is -2.32. The Morgan fingerprint density at radius 3 is 2.31 bits per heavy atom. The van der Waals surface area contributed by atoms with Crippen molar-refractivity contribution in [3.8, 4) is 0 Å². The number of amides is 1. The highest BCUT2D eigenvalue weighted by molar-refractivity contribution is 5.76. The highest BCUT2D eigenvalue weighted by Crippen LogP contribution is 2.03. The highest BCUT2D eigenvalue weighted by Gasteiger charge is 2.16. The maximum Gasteiger partial charge on any atom is 0.223 e. The molecule has 1 heterocycles. The van der Waals surface area contributed by atoms with Gasteiger partial charge in [0.1, 0.15) is 0 Å². The van der Waals surface area contributed by atoms with Crippen molar-refractivity contribution in [2.75, 3.05) is 46.8 Å². The van der Waals surface area contributed by atoms with Crippen LogP contribution in [0, 0.1) is 0 Å². The SMILES string of the molecule is CC(C)N(C)C(=O)CCN1CCN(C)CC1. The van der Waals surface area contributed by atoms with Gasteiger partial charge in [0.05, 0.1) is 0 Å². The van der Waals surface area contributed by atoms with Crippen molar-refractivity contribution in [3.05, 3.63) is 0 Å². The lowest BCUT2D eigenvalue weighted by atomic mass is 10.2. The van der Waals surface area contributed by atoms with Gasteiger partial charge in [-0.05, 0) is 20.9 Å². The molecule has 0 aromatic carbocycles. The molecule has 0 aromatic heterocycles. The summed E-state index contributed by atoms with van der Waals surface area (Å²) >= 11 is 0. The van der Waals surface area contributed by atoms with Gasteiger partial charge < -0.3 is 14.7 Å². The third-order valence-corrected chi connectivity index (χ3v) is 3.41. The summed E-state index contributed by atoms with van der Waals surface area (Å²) in [4.78, 5) is 18.3. The standard InChI is InChI=1S/C12H25N3O/c1-11(2)14(4)12(16)5-6-15-9-7-13(3)8-10-15/h11H,5-10H2,1-4H3. The molecule has 0 radical (unpaired) electrons. The molecule has 94 valence electrons. The number of rotatable bonds is 4. The van der Waals surface area contributed by atoms with Crippen LogP contribution in [0.25, 0.3) is 0 Å². The molecule has 0 saturated carbocycles. The molecule has 16 heavy (non-hydrogen) atoms. The summed E-state index contributed by atoms with van der Waals surface area (Å²) in [5.41, 5.74) is 0. The number of carbonyl (C=O) groups excluding carboxylic acids is 1. The second-order valence-corrected chi connectivity index (χ2v) is 4.99. The van der Waals surface area contributed by atoms with Gasteiger partial charge in [0, 0.05) is 52.2 Å². The number of piperazine rings is 1. The van der Waals surface area contributed by atoms with E-state index in [0.717, 1.165) is 32.7 Å². The van der Waals surface area contributed by atoms with Crippen molar-refractivity contribution < 1.29 is 4.79 Å². The Bertz CT molecular complexity index is 222. The minimum absolute atomic E-state index is 0.258. The summed E-state index contributed by atoms with van der Waals surface area (Å²) in [7, 11) is 4.03. The molecule has 4 heteroatoms. The second kappa shape index (κ2) is 6.21. The fraction of sp³-hybridized carbons (Fsp3) is 0.917. The molecule has 1 saturated heterocycles. The smallest absolute Gasteiger partial charge is 0.223 e. The summed E-state index contributed by atoms with van der Waals surface area (Å²) in [6, 6.07) is 0.306. The number of carbonyl (C=O) groups is 1. The third-order valence-electron chi connectivity index (χ3n) is 3.41. The zero-order valence-electron chi connectivity index (χ0n) is 11.1. The molecule has 0 aliphatic carbocycles. The van der Waals surface area contributed by atoms with Crippen molar-refractivity contribution in [2.24, 2.45) is 0 Å². The van der Waals surface area contributed by atoms with Gasteiger partial charge in [-0.2, -0.15) is 0 Å². The predicted molar refractivity (Wildman–Crippen MR) is 66.5 cm³/mol. The maximum atomic E-state index is 11.8. The molecular formula is C12H25N3O. The van der Waals surface area contributed by atoms with Crippen LogP contribution in [-0.4, -0.2) is 73.5 Å². The predicted octanol–water partition coefficient (Wildman–Crippen LogP) is 0.491. The molecule has 1 aliphatic rings. The van der Waals surface area contributed by atoms with Crippen LogP contribution in [-0.2, 0) is 4.79 Å². The highest BCUT2D eigenvalue weighted by atomic mass is 16.2.